The zero-order valence-electron chi connectivity index (χ0n) is 15.4. The Morgan fingerprint density at radius 2 is 1.42 bits per heavy atom. The Morgan fingerprint density at radius 1 is 0.917 bits per heavy atom. The average Bonchev–Trinajstić information content (AvgIpc) is 2.47. The first-order valence-electron chi connectivity index (χ1n) is 8.23. The van der Waals surface area contributed by atoms with Gasteiger partial charge in [0.15, 0.2) is 0 Å². The van der Waals surface area contributed by atoms with Crippen LogP contribution >= 0.6 is 34.5 Å². The van der Waals surface area contributed by atoms with Crippen LogP contribution in [-0.4, -0.2) is 4.98 Å². The first-order valence-corrected chi connectivity index (χ1v) is 10.1. The summed E-state index contributed by atoms with van der Waals surface area (Å²) in [5, 5.41) is 0. The van der Waals surface area contributed by atoms with Gasteiger partial charge in [-0.3, -0.25) is 9.71 Å². The quantitative estimate of drug-likeness (QED) is 0.448. The minimum absolute atomic E-state index is 0.0548. The van der Waals surface area contributed by atoms with Gasteiger partial charge < -0.3 is 0 Å². The van der Waals surface area contributed by atoms with E-state index in [0.29, 0.717) is 0 Å². The third-order valence-corrected chi connectivity index (χ3v) is 5.22. The minimum Gasteiger partial charge on any atom is -0.257 e. The van der Waals surface area contributed by atoms with Crippen molar-refractivity contribution in [3.8, 4) is 0 Å². The molecule has 2 aromatic rings. The van der Waals surface area contributed by atoms with E-state index >= 15 is 0 Å². The van der Waals surface area contributed by atoms with Crippen molar-refractivity contribution in [2.24, 2.45) is 0 Å². The number of aromatic nitrogens is 1. The second-order valence-corrected chi connectivity index (χ2v) is 10.3. The van der Waals surface area contributed by atoms with Gasteiger partial charge >= 0.3 is 0 Å². The summed E-state index contributed by atoms with van der Waals surface area (Å²) < 4.78 is 4.74. The Morgan fingerprint density at radius 3 is 1.88 bits per heavy atom. The van der Waals surface area contributed by atoms with E-state index in [0.717, 1.165) is 17.9 Å². The lowest BCUT2D eigenvalue weighted by Gasteiger charge is -2.25. The van der Waals surface area contributed by atoms with Crippen LogP contribution < -0.4 is 4.72 Å². The molecule has 1 N–H and O–H groups in total. The van der Waals surface area contributed by atoms with Crippen LogP contribution in [0.2, 0.25) is 0 Å². The molecule has 0 unspecified atom stereocenters. The third kappa shape index (κ3) is 5.74. The molecule has 2 nitrogen and oxygen atoms in total. The van der Waals surface area contributed by atoms with Crippen molar-refractivity contribution >= 4 is 34.5 Å². The van der Waals surface area contributed by atoms with Gasteiger partial charge in [-0.1, -0.05) is 41.5 Å². The topological polar surface area (TPSA) is 24.9 Å². The summed E-state index contributed by atoms with van der Waals surface area (Å²) in [6.45, 7) is 14.2. The lowest BCUT2D eigenvalue weighted by atomic mass is 9.86. The van der Waals surface area contributed by atoms with Gasteiger partial charge in [-0.2, -0.15) is 0 Å². The fourth-order valence-electron chi connectivity index (χ4n) is 2.16. The number of benzene rings is 1. The van der Waals surface area contributed by atoms with Crippen molar-refractivity contribution < 1.29 is 0 Å². The smallest absolute Gasteiger partial charge is 0.0463 e. The number of nitrogens with zero attached hydrogens (tertiary/aromatic N) is 1. The van der Waals surface area contributed by atoms with Crippen molar-refractivity contribution in [2.45, 2.75) is 63.8 Å². The van der Waals surface area contributed by atoms with Gasteiger partial charge in [-0.15, -0.1) is 0 Å². The van der Waals surface area contributed by atoms with Crippen molar-refractivity contribution in [2.75, 3.05) is 0 Å². The molecule has 0 fully saturated rings. The SMILES string of the molecule is CC(C)(C)c1cc(CNSc2ccc(I)cc2)cc(C(C)(C)C)n1. The highest BCUT2D eigenvalue weighted by Crippen LogP contribution is 2.27. The fourth-order valence-corrected chi connectivity index (χ4v) is 3.20. The third-order valence-electron chi connectivity index (χ3n) is 3.70. The van der Waals surface area contributed by atoms with Crippen LogP contribution in [0.25, 0.3) is 0 Å². The van der Waals surface area contributed by atoms with E-state index in [1.54, 1.807) is 11.9 Å². The molecule has 0 aliphatic rings. The van der Waals surface area contributed by atoms with Gasteiger partial charge in [0, 0.05) is 37.2 Å². The fraction of sp³-hybridized carbons (Fsp3) is 0.450. The second kappa shape index (κ2) is 7.75. The molecule has 0 atom stereocenters. The molecule has 0 radical (unpaired) electrons. The van der Waals surface area contributed by atoms with Crippen molar-refractivity contribution in [3.05, 3.63) is 56.9 Å². The van der Waals surface area contributed by atoms with Crippen LogP contribution in [0, 0.1) is 3.57 Å². The molecule has 1 heterocycles. The van der Waals surface area contributed by atoms with Crippen molar-refractivity contribution in [1.29, 1.82) is 0 Å². The first-order chi connectivity index (χ1) is 11.1. The number of pyridine rings is 1. The average molecular weight is 454 g/mol. The van der Waals surface area contributed by atoms with E-state index in [9.17, 15) is 0 Å². The molecule has 1 aromatic carbocycles. The number of nitrogens with one attached hydrogen (secondary N) is 1. The van der Waals surface area contributed by atoms with E-state index in [1.807, 2.05) is 0 Å². The molecule has 130 valence electrons. The number of hydrogen-bond acceptors (Lipinski definition) is 3. The second-order valence-electron chi connectivity index (χ2n) is 8.12. The molecule has 0 amide bonds. The van der Waals surface area contributed by atoms with E-state index in [1.165, 1.54) is 14.0 Å². The van der Waals surface area contributed by atoms with Crippen LogP contribution in [-0.2, 0) is 17.4 Å². The molecular weight excluding hydrogens is 427 g/mol. The summed E-state index contributed by atoms with van der Waals surface area (Å²) in [5.74, 6) is 0. The summed E-state index contributed by atoms with van der Waals surface area (Å²) >= 11 is 4.01. The van der Waals surface area contributed by atoms with E-state index in [-0.39, 0.29) is 10.8 Å². The Bertz CT molecular complexity index is 650. The molecule has 2 rings (SSSR count). The van der Waals surface area contributed by atoms with Gasteiger partial charge in [0.25, 0.3) is 0 Å². The summed E-state index contributed by atoms with van der Waals surface area (Å²) in [6, 6.07) is 13.0. The number of halogens is 1. The highest BCUT2D eigenvalue weighted by atomic mass is 127. The Hall–Kier alpha value is -0.590. The maximum Gasteiger partial charge on any atom is 0.0463 e. The summed E-state index contributed by atoms with van der Waals surface area (Å²) in [7, 11) is 0. The maximum atomic E-state index is 4.92. The van der Waals surface area contributed by atoms with Crippen molar-refractivity contribution in [3.63, 3.8) is 0 Å². The number of rotatable bonds is 4. The molecule has 1 aromatic heterocycles. The highest BCUT2D eigenvalue weighted by Gasteiger charge is 2.22. The molecule has 0 spiro atoms. The molecule has 24 heavy (non-hydrogen) atoms. The summed E-state index contributed by atoms with van der Waals surface area (Å²) in [4.78, 5) is 6.15. The van der Waals surface area contributed by atoms with Gasteiger partial charge in [0.05, 0.1) is 0 Å². The standard InChI is InChI=1S/C20H27IN2S/c1-19(2,3)17-11-14(12-18(23-17)20(4,5)6)13-22-24-16-9-7-15(21)8-10-16/h7-12,22H,13H2,1-6H3. The predicted octanol–water partition coefficient (Wildman–Crippen LogP) is 6.08. The van der Waals surface area contributed by atoms with Gasteiger partial charge in [-0.25, -0.2) is 0 Å². The van der Waals surface area contributed by atoms with Crippen LogP contribution in [0.5, 0.6) is 0 Å². The normalized spacial score (nSPS) is 12.5. The Kier molecular flexibility index (Phi) is 6.37. The Balaban J connectivity index is 2.15. The van der Waals surface area contributed by atoms with Crippen LogP contribution in [0.1, 0.15) is 58.5 Å². The predicted molar refractivity (Wildman–Crippen MR) is 113 cm³/mol. The zero-order valence-corrected chi connectivity index (χ0v) is 18.4. The maximum absolute atomic E-state index is 4.92. The molecule has 0 aliphatic carbocycles. The summed E-state index contributed by atoms with van der Waals surface area (Å²) in [5.41, 5.74) is 3.72. The van der Waals surface area contributed by atoms with Crippen LogP contribution in [0.4, 0.5) is 0 Å². The van der Waals surface area contributed by atoms with E-state index < -0.39 is 0 Å². The minimum atomic E-state index is 0.0548. The highest BCUT2D eigenvalue weighted by molar-refractivity contribution is 14.1. The lowest BCUT2D eigenvalue weighted by Crippen LogP contribution is -2.21. The molecule has 0 saturated heterocycles. The molecule has 0 saturated carbocycles. The first kappa shape index (κ1) is 19.7. The molecular formula is C20H27IN2S. The molecule has 0 aliphatic heterocycles. The van der Waals surface area contributed by atoms with Crippen molar-refractivity contribution in [1.82, 2.24) is 9.71 Å². The van der Waals surface area contributed by atoms with E-state index in [2.05, 4.69) is 105 Å². The zero-order chi connectivity index (χ0) is 18.0. The number of hydrogen-bond donors (Lipinski definition) is 1. The van der Waals surface area contributed by atoms with Crippen LogP contribution in [0.15, 0.2) is 41.3 Å². The van der Waals surface area contributed by atoms with Crippen LogP contribution in [0.3, 0.4) is 0 Å². The van der Waals surface area contributed by atoms with E-state index in [4.69, 9.17) is 4.98 Å². The lowest BCUT2D eigenvalue weighted by molar-refractivity contribution is 0.529. The largest absolute Gasteiger partial charge is 0.257 e. The molecule has 4 heteroatoms. The molecule has 0 bridgehead atoms. The summed E-state index contributed by atoms with van der Waals surface area (Å²) in [6.07, 6.45) is 0. The van der Waals surface area contributed by atoms with Gasteiger partial charge in [0.1, 0.15) is 0 Å². The van der Waals surface area contributed by atoms with Gasteiger partial charge in [-0.05, 0) is 76.5 Å². The van der Waals surface area contributed by atoms with Gasteiger partial charge in [0.2, 0.25) is 0 Å². The monoisotopic (exact) mass is 454 g/mol. The Labute approximate surface area is 164 Å².